The van der Waals surface area contributed by atoms with Crippen molar-refractivity contribution in [2.45, 2.75) is 0 Å². The van der Waals surface area contributed by atoms with E-state index in [0.717, 1.165) is 18.8 Å². The molecule has 6 heteroatoms. The van der Waals surface area contributed by atoms with E-state index < -0.39 is 0 Å². The summed E-state index contributed by atoms with van der Waals surface area (Å²) in [6.45, 7) is 2.97. The molecule has 126 valence electrons. The molecule has 0 bridgehead atoms. The summed E-state index contributed by atoms with van der Waals surface area (Å²) in [5.41, 5.74) is 1.73. The average molecular weight is 327 g/mol. The second-order valence-electron chi connectivity index (χ2n) is 5.59. The van der Waals surface area contributed by atoms with Crippen LogP contribution in [-0.4, -0.2) is 56.2 Å². The summed E-state index contributed by atoms with van der Waals surface area (Å²) in [7, 11) is 3.16. The van der Waals surface area contributed by atoms with Crippen molar-refractivity contribution in [3.05, 3.63) is 48.3 Å². The van der Waals surface area contributed by atoms with E-state index in [1.807, 2.05) is 17.0 Å². The highest BCUT2D eigenvalue weighted by Crippen LogP contribution is 2.24. The lowest BCUT2D eigenvalue weighted by Gasteiger charge is -2.36. The van der Waals surface area contributed by atoms with Gasteiger partial charge in [0.1, 0.15) is 11.5 Å². The van der Waals surface area contributed by atoms with Gasteiger partial charge in [-0.2, -0.15) is 0 Å². The number of anilines is 1. The van der Waals surface area contributed by atoms with Crippen molar-refractivity contribution in [1.29, 1.82) is 0 Å². The molecule has 1 amide bonds. The van der Waals surface area contributed by atoms with E-state index in [1.165, 1.54) is 0 Å². The molecule has 0 N–H and O–H groups in total. The third-order valence-corrected chi connectivity index (χ3v) is 4.19. The highest BCUT2D eigenvalue weighted by atomic mass is 16.5. The minimum Gasteiger partial charge on any atom is -0.497 e. The molecule has 0 unspecified atom stereocenters. The predicted molar refractivity (Wildman–Crippen MR) is 91.9 cm³/mol. The fourth-order valence-electron chi connectivity index (χ4n) is 2.84. The first-order chi connectivity index (χ1) is 11.7. The van der Waals surface area contributed by atoms with Crippen molar-refractivity contribution >= 4 is 11.6 Å². The van der Waals surface area contributed by atoms with Gasteiger partial charge in [0.05, 0.1) is 14.2 Å². The molecule has 1 aromatic carbocycles. The Morgan fingerprint density at radius 1 is 0.958 bits per heavy atom. The SMILES string of the molecule is COc1cc(OC)cc(C(=O)N2CCN(c3ccncc3)CC2)c1. The maximum atomic E-state index is 12.8. The molecule has 6 nitrogen and oxygen atoms in total. The number of amides is 1. The van der Waals surface area contributed by atoms with Crippen LogP contribution in [0.4, 0.5) is 5.69 Å². The summed E-state index contributed by atoms with van der Waals surface area (Å²) in [5.74, 6) is 1.24. The number of benzene rings is 1. The lowest BCUT2D eigenvalue weighted by atomic mass is 10.1. The summed E-state index contributed by atoms with van der Waals surface area (Å²) in [4.78, 5) is 20.9. The van der Waals surface area contributed by atoms with Crippen LogP contribution in [0.5, 0.6) is 11.5 Å². The quantitative estimate of drug-likeness (QED) is 0.860. The topological polar surface area (TPSA) is 54.9 Å². The molecule has 2 heterocycles. The van der Waals surface area contributed by atoms with Crippen LogP contribution < -0.4 is 14.4 Å². The number of methoxy groups -OCH3 is 2. The monoisotopic (exact) mass is 327 g/mol. The van der Waals surface area contributed by atoms with Crippen molar-refractivity contribution in [2.24, 2.45) is 0 Å². The van der Waals surface area contributed by atoms with Gasteiger partial charge in [0.25, 0.3) is 5.91 Å². The van der Waals surface area contributed by atoms with E-state index in [9.17, 15) is 4.79 Å². The van der Waals surface area contributed by atoms with Crippen LogP contribution >= 0.6 is 0 Å². The number of nitrogens with zero attached hydrogens (tertiary/aromatic N) is 3. The van der Waals surface area contributed by atoms with Crippen LogP contribution in [0, 0.1) is 0 Å². The van der Waals surface area contributed by atoms with Gasteiger partial charge in [0, 0.05) is 55.9 Å². The second kappa shape index (κ2) is 7.21. The molecule has 0 atom stereocenters. The summed E-state index contributed by atoms with van der Waals surface area (Å²) in [6.07, 6.45) is 3.57. The van der Waals surface area contributed by atoms with Crippen LogP contribution in [0.3, 0.4) is 0 Å². The number of ether oxygens (including phenoxy) is 2. The Kier molecular flexibility index (Phi) is 4.84. The minimum absolute atomic E-state index is 0.00146. The van der Waals surface area contributed by atoms with E-state index in [0.29, 0.717) is 30.2 Å². The lowest BCUT2D eigenvalue weighted by molar-refractivity contribution is 0.0746. The van der Waals surface area contributed by atoms with Gasteiger partial charge in [0.15, 0.2) is 0 Å². The fourth-order valence-corrected chi connectivity index (χ4v) is 2.84. The number of hydrogen-bond donors (Lipinski definition) is 0. The molecule has 1 aromatic heterocycles. The number of carbonyl (C=O) groups excluding carboxylic acids is 1. The van der Waals surface area contributed by atoms with Gasteiger partial charge in [-0.3, -0.25) is 9.78 Å². The molecule has 1 fully saturated rings. The number of piperazine rings is 1. The molecule has 0 aliphatic carbocycles. The summed E-state index contributed by atoms with van der Waals surface area (Å²) in [5, 5.41) is 0. The van der Waals surface area contributed by atoms with Gasteiger partial charge >= 0.3 is 0 Å². The molecule has 3 rings (SSSR count). The van der Waals surface area contributed by atoms with E-state index in [-0.39, 0.29) is 5.91 Å². The van der Waals surface area contributed by atoms with E-state index >= 15 is 0 Å². The Morgan fingerprint density at radius 2 is 1.54 bits per heavy atom. The van der Waals surface area contributed by atoms with Crippen molar-refractivity contribution in [1.82, 2.24) is 9.88 Å². The average Bonchev–Trinajstić information content (AvgIpc) is 2.67. The zero-order valence-corrected chi connectivity index (χ0v) is 13.9. The zero-order valence-electron chi connectivity index (χ0n) is 13.9. The van der Waals surface area contributed by atoms with Crippen LogP contribution in [0.25, 0.3) is 0 Å². The predicted octanol–water partition coefficient (Wildman–Crippen LogP) is 2.06. The van der Waals surface area contributed by atoms with Crippen LogP contribution in [-0.2, 0) is 0 Å². The maximum absolute atomic E-state index is 12.8. The fraction of sp³-hybridized carbons (Fsp3) is 0.333. The summed E-state index contributed by atoms with van der Waals surface area (Å²) in [6, 6.07) is 9.24. The van der Waals surface area contributed by atoms with Crippen molar-refractivity contribution < 1.29 is 14.3 Å². The lowest BCUT2D eigenvalue weighted by Crippen LogP contribution is -2.48. The van der Waals surface area contributed by atoms with Gasteiger partial charge in [0.2, 0.25) is 0 Å². The normalized spacial score (nSPS) is 14.4. The number of hydrogen-bond acceptors (Lipinski definition) is 5. The third-order valence-electron chi connectivity index (χ3n) is 4.19. The maximum Gasteiger partial charge on any atom is 0.254 e. The van der Waals surface area contributed by atoms with Crippen LogP contribution in [0.15, 0.2) is 42.7 Å². The van der Waals surface area contributed by atoms with Crippen molar-refractivity contribution in [3.8, 4) is 11.5 Å². The molecule has 2 aromatic rings. The molecule has 1 saturated heterocycles. The summed E-state index contributed by atoms with van der Waals surface area (Å²) >= 11 is 0. The standard InChI is InChI=1S/C18H21N3O3/c1-23-16-11-14(12-17(13-16)24-2)18(22)21-9-7-20(8-10-21)15-3-5-19-6-4-15/h3-6,11-13H,7-10H2,1-2H3. The highest BCUT2D eigenvalue weighted by molar-refractivity contribution is 5.95. The number of rotatable bonds is 4. The van der Waals surface area contributed by atoms with Crippen LogP contribution in [0.1, 0.15) is 10.4 Å². The molecular formula is C18H21N3O3. The molecule has 24 heavy (non-hydrogen) atoms. The van der Waals surface area contributed by atoms with Gasteiger partial charge in [-0.1, -0.05) is 0 Å². The van der Waals surface area contributed by atoms with Crippen molar-refractivity contribution in [3.63, 3.8) is 0 Å². The number of carbonyl (C=O) groups is 1. The molecule has 1 aliphatic rings. The van der Waals surface area contributed by atoms with Gasteiger partial charge in [-0.05, 0) is 24.3 Å². The van der Waals surface area contributed by atoms with E-state index in [1.54, 1.807) is 44.8 Å². The zero-order chi connectivity index (χ0) is 16.9. The smallest absolute Gasteiger partial charge is 0.254 e. The molecular weight excluding hydrogens is 306 g/mol. The first-order valence-electron chi connectivity index (χ1n) is 7.88. The molecule has 0 spiro atoms. The molecule has 0 radical (unpaired) electrons. The minimum atomic E-state index is 0.00146. The summed E-state index contributed by atoms with van der Waals surface area (Å²) < 4.78 is 10.5. The van der Waals surface area contributed by atoms with Gasteiger partial charge < -0.3 is 19.3 Å². The largest absolute Gasteiger partial charge is 0.497 e. The Morgan fingerprint density at radius 3 is 2.08 bits per heavy atom. The van der Waals surface area contributed by atoms with Crippen molar-refractivity contribution in [2.75, 3.05) is 45.3 Å². The third kappa shape index (κ3) is 3.42. The van der Waals surface area contributed by atoms with Crippen LogP contribution in [0.2, 0.25) is 0 Å². The first kappa shape index (κ1) is 16.1. The first-order valence-corrected chi connectivity index (χ1v) is 7.88. The Bertz CT molecular complexity index is 676. The highest BCUT2D eigenvalue weighted by Gasteiger charge is 2.23. The van der Waals surface area contributed by atoms with Gasteiger partial charge in [-0.25, -0.2) is 0 Å². The number of aromatic nitrogens is 1. The van der Waals surface area contributed by atoms with E-state index in [4.69, 9.17) is 9.47 Å². The Labute approximate surface area is 141 Å². The molecule has 0 saturated carbocycles. The molecule has 1 aliphatic heterocycles. The Balaban J connectivity index is 1.69. The second-order valence-corrected chi connectivity index (χ2v) is 5.59. The Hall–Kier alpha value is -2.76. The number of pyridine rings is 1. The van der Waals surface area contributed by atoms with E-state index in [2.05, 4.69) is 9.88 Å². The van der Waals surface area contributed by atoms with Gasteiger partial charge in [-0.15, -0.1) is 0 Å².